The first kappa shape index (κ1) is 35.4. The average Bonchev–Trinajstić information content (AvgIpc) is 3.17. The van der Waals surface area contributed by atoms with Gasteiger partial charge in [-0.2, -0.15) is 0 Å². The molecule has 0 saturated carbocycles. The van der Waals surface area contributed by atoms with E-state index in [4.69, 9.17) is 0 Å². The Bertz CT molecular complexity index is 2430. The first-order chi connectivity index (χ1) is 26.4. The largest absolute Gasteiger partial charge is 0.335 e. The van der Waals surface area contributed by atoms with Gasteiger partial charge < -0.3 is 9.80 Å². The van der Waals surface area contributed by atoms with Gasteiger partial charge in [0, 0.05) is 33.9 Å². The van der Waals surface area contributed by atoms with Crippen LogP contribution in [0.15, 0.2) is 173 Å². The van der Waals surface area contributed by atoms with Crippen LogP contribution in [0.5, 0.6) is 0 Å². The third-order valence-electron chi connectivity index (χ3n) is 12.5. The predicted octanol–water partition coefficient (Wildman–Crippen LogP) is 13.0. The van der Waals surface area contributed by atoms with Crippen molar-refractivity contribution in [3.63, 3.8) is 0 Å². The van der Waals surface area contributed by atoms with Gasteiger partial charge in [-0.05, 0) is 94.5 Å². The summed E-state index contributed by atoms with van der Waals surface area (Å²) in [5.41, 5.74) is 20.5. The molecule has 2 unspecified atom stereocenters. The lowest BCUT2D eigenvalue weighted by atomic mass is 9.29. The molecule has 274 valence electrons. The molecule has 2 nitrogen and oxygen atoms in total. The molecule has 3 heteroatoms. The van der Waals surface area contributed by atoms with E-state index >= 15 is 0 Å². The zero-order valence-electron chi connectivity index (χ0n) is 33.8. The number of benzene rings is 5. The summed E-state index contributed by atoms with van der Waals surface area (Å²) in [4.78, 5) is 5.42. The standard InChI is InChI=1S/C52H53BN2/c1-34-29-46-50-47(30-34)55(44-26-18-16-24-41(44)37-21-13-10-14-22-37)48-33-39(52(6,7)8)31-35(2)49(48)53(50)42-28-27-38(51(3,4)5)32-45(42)54(46)43-25-17-15-23-40(43)36-19-11-9-12-20-36/h9-29,32-33,35,47H,30-31H2,1-8H3. The zero-order chi connectivity index (χ0) is 38.2. The Morgan fingerprint density at radius 3 is 1.76 bits per heavy atom. The van der Waals surface area contributed by atoms with E-state index in [2.05, 4.69) is 205 Å². The second kappa shape index (κ2) is 13.2. The molecule has 0 saturated heterocycles. The summed E-state index contributed by atoms with van der Waals surface area (Å²) in [7, 11) is 0. The van der Waals surface area contributed by atoms with Crippen molar-refractivity contribution >= 4 is 29.2 Å². The van der Waals surface area contributed by atoms with Crippen LogP contribution in [0.3, 0.4) is 0 Å². The quantitative estimate of drug-likeness (QED) is 0.171. The molecule has 5 aromatic rings. The minimum atomic E-state index is 0.00653. The summed E-state index contributed by atoms with van der Waals surface area (Å²) in [5.74, 6) is 0.380. The molecule has 0 N–H and O–H groups in total. The van der Waals surface area contributed by atoms with Crippen LogP contribution >= 0.6 is 0 Å². The Kier molecular flexibility index (Phi) is 8.50. The molecule has 0 radical (unpaired) electrons. The number of allylic oxidation sites excluding steroid dienone is 4. The SMILES string of the molecule is CC1=CC2=C3B(C4=C(C=C(C(C)(C)C)CC4C)N(c4ccccc4-c4ccccc4)C3C1)c1ccc(C(C)(C)C)cc1N2c1ccccc1-c1ccccc1. The van der Waals surface area contributed by atoms with E-state index in [0.29, 0.717) is 5.92 Å². The van der Waals surface area contributed by atoms with Gasteiger partial charge in [0.1, 0.15) is 0 Å². The fourth-order valence-corrected chi connectivity index (χ4v) is 9.77. The normalized spacial score (nSPS) is 19.5. The van der Waals surface area contributed by atoms with Gasteiger partial charge in [0.2, 0.25) is 6.71 Å². The second-order valence-corrected chi connectivity index (χ2v) is 18.3. The van der Waals surface area contributed by atoms with Crippen molar-refractivity contribution in [2.45, 2.75) is 79.7 Å². The highest BCUT2D eigenvalue weighted by molar-refractivity contribution is 6.88. The van der Waals surface area contributed by atoms with Gasteiger partial charge in [-0.1, -0.05) is 174 Å². The number of anilines is 3. The van der Waals surface area contributed by atoms with Crippen LogP contribution in [0.2, 0.25) is 0 Å². The van der Waals surface area contributed by atoms with Gasteiger partial charge >= 0.3 is 0 Å². The maximum atomic E-state index is 2.77. The van der Waals surface area contributed by atoms with Crippen molar-refractivity contribution in [3.8, 4) is 22.3 Å². The number of hydrogen-bond donors (Lipinski definition) is 0. The number of para-hydroxylation sites is 2. The van der Waals surface area contributed by atoms with Crippen LogP contribution < -0.4 is 15.3 Å². The van der Waals surface area contributed by atoms with E-state index in [-0.39, 0.29) is 23.6 Å². The summed E-state index contributed by atoms with van der Waals surface area (Å²) >= 11 is 0. The molecule has 9 rings (SSSR count). The van der Waals surface area contributed by atoms with Gasteiger partial charge in [0.05, 0.1) is 11.7 Å². The number of hydrogen-bond acceptors (Lipinski definition) is 2. The average molecular weight is 717 g/mol. The molecule has 55 heavy (non-hydrogen) atoms. The Hall–Kier alpha value is -5.28. The molecule has 0 fully saturated rings. The van der Waals surface area contributed by atoms with Crippen LogP contribution in [0.25, 0.3) is 22.3 Å². The summed E-state index contributed by atoms with van der Waals surface area (Å²) < 4.78 is 0. The number of nitrogens with zero attached hydrogens (tertiary/aromatic N) is 2. The first-order valence-corrected chi connectivity index (χ1v) is 20.3. The molecule has 2 aliphatic heterocycles. The van der Waals surface area contributed by atoms with Crippen LogP contribution in [-0.2, 0) is 5.41 Å². The maximum absolute atomic E-state index is 2.77. The predicted molar refractivity (Wildman–Crippen MR) is 236 cm³/mol. The van der Waals surface area contributed by atoms with Crippen LogP contribution in [0, 0.1) is 11.3 Å². The molecule has 2 atom stereocenters. The monoisotopic (exact) mass is 716 g/mol. The highest BCUT2D eigenvalue weighted by Crippen LogP contribution is 2.54. The summed E-state index contributed by atoms with van der Waals surface area (Å²) in [6.07, 6.45) is 7.20. The molecule has 0 amide bonds. The minimum Gasteiger partial charge on any atom is -0.335 e. The number of rotatable bonds is 4. The Morgan fingerprint density at radius 1 is 0.564 bits per heavy atom. The first-order valence-electron chi connectivity index (χ1n) is 20.3. The molecular formula is C52H53BN2. The third kappa shape index (κ3) is 5.95. The fraction of sp³-hybridized carbons (Fsp3) is 0.269. The van der Waals surface area contributed by atoms with Crippen LogP contribution in [0.1, 0.15) is 73.8 Å². The van der Waals surface area contributed by atoms with E-state index < -0.39 is 0 Å². The van der Waals surface area contributed by atoms with Crippen molar-refractivity contribution in [1.82, 2.24) is 0 Å². The van der Waals surface area contributed by atoms with Crippen molar-refractivity contribution in [2.75, 3.05) is 9.80 Å². The van der Waals surface area contributed by atoms with Gasteiger partial charge in [-0.15, -0.1) is 0 Å². The van der Waals surface area contributed by atoms with E-state index in [9.17, 15) is 0 Å². The molecule has 0 spiro atoms. The topological polar surface area (TPSA) is 6.48 Å². The highest BCUT2D eigenvalue weighted by atomic mass is 15.2. The summed E-state index contributed by atoms with van der Waals surface area (Å²) in [5, 5.41) is 0. The minimum absolute atomic E-state index is 0.00653. The smallest absolute Gasteiger partial charge is 0.243 e. The molecule has 4 aliphatic rings. The van der Waals surface area contributed by atoms with Crippen LogP contribution in [-0.4, -0.2) is 12.8 Å². The van der Waals surface area contributed by atoms with Crippen LogP contribution in [0.4, 0.5) is 17.1 Å². The van der Waals surface area contributed by atoms with E-state index in [0.717, 1.165) is 12.8 Å². The van der Waals surface area contributed by atoms with Crippen molar-refractivity contribution in [2.24, 2.45) is 11.3 Å². The fourth-order valence-electron chi connectivity index (χ4n) is 9.77. The Balaban J connectivity index is 1.40. The maximum Gasteiger partial charge on any atom is 0.243 e. The lowest BCUT2D eigenvalue weighted by Crippen LogP contribution is -2.58. The lowest BCUT2D eigenvalue weighted by molar-refractivity contribution is 0.454. The van der Waals surface area contributed by atoms with Crippen molar-refractivity contribution < 1.29 is 0 Å². The van der Waals surface area contributed by atoms with Crippen molar-refractivity contribution in [3.05, 3.63) is 179 Å². The molecule has 0 bridgehead atoms. The molecular weight excluding hydrogens is 663 g/mol. The van der Waals surface area contributed by atoms with E-state index in [1.165, 1.54) is 78.4 Å². The van der Waals surface area contributed by atoms with E-state index in [1.807, 2.05) is 0 Å². The molecule has 0 aromatic heterocycles. The summed E-state index contributed by atoms with van der Waals surface area (Å²) in [6, 6.07) is 47.7. The van der Waals surface area contributed by atoms with Gasteiger partial charge in [0.25, 0.3) is 0 Å². The highest BCUT2D eigenvalue weighted by Gasteiger charge is 2.51. The molecule has 5 aromatic carbocycles. The van der Waals surface area contributed by atoms with Gasteiger partial charge in [-0.25, -0.2) is 0 Å². The third-order valence-corrected chi connectivity index (χ3v) is 12.5. The summed E-state index contributed by atoms with van der Waals surface area (Å²) in [6.45, 7) is 19.3. The van der Waals surface area contributed by atoms with Crippen molar-refractivity contribution in [1.29, 1.82) is 0 Å². The van der Waals surface area contributed by atoms with Gasteiger partial charge in [-0.3, -0.25) is 0 Å². The van der Waals surface area contributed by atoms with E-state index in [1.54, 1.807) is 5.47 Å². The zero-order valence-corrected chi connectivity index (χ0v) is 33.8. The number of fused-ring (bicyclic) bond motifs is 3. The second-order valence-electron chi connectivity index (χ2n) is 18.3. The lowest BCUT2D eigenvalue weighted by Gasteiger charge is -2.53. The Labute approximate surface area is 329 Å². The van der Waals surface area contributed by atoms with Gasteiger partial charge in [0.15, 0.2) is 0 Å². The molecule has 2 heterocycles. The Morgan fingerprint density at radius 2 is 1.15 bits per heavy atom. The molecule has 2 aliphatic carbocycles.